The van der Waals surface area contributed by atoms with E-state index in [1.807, 2.05) is 0 Å². The summed E-state index contributed by atoms with van der Waals surface area (Å²) in [5, 5.41) is 2.86. The maximum Gasteiger partial charge on any atom is 0.416 e. The van der Waals surface area contributed by atoms with Gasteiger partial charge in [0.05, 0.1) is 21.2 Å². The molecule has 0 bridgehead atoms. The lowest BCUT2D eigenvalue weighted by Gasteiger charge is -2.35. The molecule has 0 aliphatic heterocycles. The molecule has 0 radical (unpaired) electrons. The van der Waals surface area contributed by atoms with Crippen LogP contribution in [0.5, 0.6) is 0 Å². The highest BCUT2D eigenvalue weighted by Gasteiger charge is 2.38. The van der Waals surface area contributed by atoms with Gasteiger partial charge in [-0.25, -0.2) is 8.42 Å². The Morgan fingerprint density at radius 1 is 0.812 bits per heavy atom. The predicted molar refractivity (Wildman–Crippen MR) is 181 cm³/mol. The summed E-state index contributed by atoms with van der Waals surface area (Å²) in [6.07, 6.45) is -4.80. The van der Waals surface area contributed by atoms with Crippen molar-refractivity contribution in [1.82, 2.24) is 10.2 Å². The van der Waals surface area contributed by atoms with Gasteiger partial charge in [-0.15, -0.1) is 0 Å². The minimum atomic E-state index is -4.84. The third kappa shape index (κ3) is 9.30. The number of carbonyl (C=O) groups excluding carboxylic acids is 2. The van der Waals surface area contributed by atoms with Crippen LogP contribution < -0.4 is 9.62 Å². The first kappa shape index (κ1) is 36.8. The second-order valence-electron chi connectivity index (χ2n) is 12.0. The zero-order valence-electron chi connectivity index (χ0n) is 26.3. The Morgan fingerprint density at radius 3 is 1.98 bits per heavy atom. The van der Waals surface area contributed by atoms with Crippen molar-refractivity contribution in [1.29, 1.82) is 0 Å². The van der Waals surface area contributed by atoms with Crippen molar-refractivity contribution in [3.63, 3.8) is 0 Å². The molecule has 4 rings (SSSR count). The van der Waals surface area contributed by atoms with Crippen LogP contribution in [-0.2, 0) is 38.8 Å². The summed E-state index contributed by atoms with van der Waals surface area (Å²) in [4.78, 5) is 29.4. The third-order valence-corrected chi connectivity index (χ3v) is 9.68. The van der Waals surface area contributed by atoms with Gasteiger partial charge in [-0.3, -0.25) is 13.9 Å². The number of hydrogen-bond acceptors (Lipinski definition) is 4. The second-order valence-corrected chi connectivity index (χ2v) is 14.7. The molecule has 0 aliphatic rings. The molecule has 0 saturated heterocycles. The van der Waals surface area contributed by atoms with Crippen LogP contribution in [0.15, 0.2) is 108 Å². The molecular formula is C35H34Cl2F3N3O4S. The lowest BCUT2D eigenvalue weighted by molar-refractivity contribution is -0.140. The maximum atomic E-state index is 14.5. The zero-order valence-corrected chi connectivity index (χ0v) is 28.7. The summed E-state index contributed by atoms with van der Waals surface area (Å²) in [6.45, 7) is 4.11. The Bertz CT molecular complexity index is 1850. The number of halogens is 5. The smallest absolute Gasteiger partial charge is 0.350 e. The Kier molecular flexibility index (Phi) is 11.5. The maximum absolute atomic E-state index is 14.5. The molecule has 7 nitrogen and oxygen atoms in total. The van der Waals surface area contributed by atoms with Gasteiger partial charge in [-0.1, -0.05) is 89.9 Å². The molecule has 48 heavy (non-hydrogen) atoms. The van der Waals surface area contributed by atoms with Gasteiger partial charge < -0.3 is 10.2 Å². The standard InChI is InChI=1S/C35H34Cl2F3N3O4S/c1-34(2,3)41-33(45)31(20-24-12-6-4-7-13-24)42(22-25-14-10-11-17-28(25)36)32(44)23-43(48(46,47)27-15-8-5-9-16-27)30-21-26(35(38,39)40)18-19-29(30)37/h4-19,21,31H,20,22-23H2,1-3H3,(H,41,45)/t31-/m0/s1. The number of amides is 2. The van der Waals surface area contributed by atoms with E-state index in [0.29, 0.717) is 26.5 Å². The Hall–Kier alpha value is -4.06. The molecule has 13 heteroatoms. The van der Waals surface area contributed by atoms with Crippen LogP contribution >= 0.6 is 23.2 Å². The van der Waals surface area contributed by atoms with Gasteiger partial charge in [-0.2, -0.15) is 13.2 Å². The van der Waals surface area contributed by atoms with Gasteiger partial charge in [-0.05, 0) is 68.3 Å². The molecule has 2 amide bonds. The summed E-state index contributed by atoms with van der Waals surface area (Å²) in [5.74, 6) is -1.41. The second kappa shape index (κ2) is 15.0. The van der Waals surface area contributed by atoms with Gasteiger partial charge in [0.1, 0.15) is 12.6 Å². The molecule has 0 unspecified atom stereocenters. The molecule has 0 aliphatic carbocycles. The van der Waals surface area contributed by atoms with Crippen LogP contribution in [0, 0.1) is 0 Å². The largest absolute Gasteiger partial charge is 0.416 e. The summed E-state index contributed by atoms with van der Waals surface area (Å²) >= 11 is 12.9. The lowest BCUT2D eigenvalue weighted by Crippen LogP contribution is -2.56. The number of sulfonamides is 1. The topological polar surface area (TPSA) is 86.8 Å². The number of carbonyl (C=O) groups is 2. The third-order valence-electron chi connectivity index (χ3n) is 7.22. The first-order valence-electron chi connectivity index (χ1n) is 14.8. The summed E-state index contributed by atoms with van der Waals surface area (Å²) in [5.41, 5.74) is -1.26. The van der Waals surface area contributed by atoms with Gasteiger partial charge in [0.2, 0.25) is 11.8 Å². The molecule has 0 spiro atoms. The first-order chi connectivity index (χ1) is 22.5. The van der Waals surface area contributed by atoms with Crippen LogP contribution in [0.25, 0.3) is 0 Å². The number of anilines is 1. The van der Waals surface area contributed by atoms with Gasteiger partial charge in [0.25, 0.3) is 10.0 Å². The Morgan fingerprint density at radius 2 is 1.40 bits per heavy atom. The van der Waals surface area contributed by atoms with Crippen molar-refractivity contribution in [2.75, 3.05) is 10.8 Å². The average molecular weight is 721 g/mol. The normalized spacial score (nSPS) is 12.7. The van der Waals surface area contributed by atoms with Crippen molar-refractivity contribution in [2.24, 2.45) is 0 Å². The fourth-order valence-electron chi connectivity index (χ4n) is 4.93. The van der Waals surface area contributed by atoms with Crippen LogP contribution in [0.2, 0.25) is 10.0 Å². The molecule has 0 saturated carbocycles. The molecule has 254 valence electrons. The highest BCUT2D eigenvalue weighted by atomic mass is 35.5. The molecule has 4 aromatic carbocycles. The molecule has 0 heterocycles. The number of hydrogen-bond donors (Lipinski definition) is 1. The Labute approximate surface area is 288 Å². The van der Waals surface area contributed by atoms with Crippen LogP contribution in [-0.4, -0.2) is 43.3 Å². The van der Waals surface area contributed by atoms with Crippen molar-refractivity contribution in [2.45, 2.75) is 56.4 Å². The van der Waals surface area contributed by atoms with E-state index in [1.165, 1.54) is 29.2 Å². The average Bonchev–Trinajstić information content (AvgIpc) is 3.02. The van der Waals surface area contributed by atoms with Crippen molar-refractivity contribution < 1.29 is 31.2 Å². The van der Waals surface area contributed by atoms with Crippen LogP contribution in [0.4, 0.5) is 18.9 Å². The molecule has 0 aromatic heterocycles. The molecule has 0 fully saturated rings. The first-order valence-corrected chi connectivity index (χ1v) is 17.0. The summed E-state index contributed by atoms with van der Waals surface area (Å²) in [6, 6.07) is 23.6. The van der Waals surface area contributed by atoms with Gasteiger partial charge >= 0.3 is 6.18 Å². The minimum absolute atomic E-state index is 0.0364. The van der Waals surface area contributed by atoms with E-state index in [1.54, 1.807) is 81.4 Å². The number of benzene rings is 4. The van der Waals surface area contributed by atoms with Crippen molar-refractivity contribution in [3.05, 3.63) is 130 Å². The lowest BCUT2D eigenvalue weighted by atomic mass is 10.0. The van der Waals surface area contributed by atoms with Crippen LogP contribution in [0.1, 0.15) is 37.5 Å². The van der Waals surface area contributed by atoms with Gasteiger partial charge in [0, 0.05) is 23.5 Å². The van der Waals surface area contributed by atoms with E-state index in [9.17, 15) is 31.2 Å². The molecule has 1 N–H and O–H groups in total. The Balaban J connectivity index is 1.89. The van der Waals surface area contributed by atoms with Crippen LogP contribution in [0.3, 0.4) is 0 Å². The number of nitrogens with one attached hydrogen (secondary N) is 1. The highest BCUT2D eigenvalue weighted by molar-refractivity contribution is 7.92. The van der Waals surface area contributed by atoms with Crippen molar-refractivity contribution >= 4 is 50.7 Å². The molecule has 1 atom stereocenters. The van der Waals surface area contributed by atoms with E-state index in [2.05, 4.69) is 5.32 Å². The fourth-order valence-corrected chi connectivity index (χ4v) is 6.84. The number of alkyl halides is 3. The van der Waals surface area contributed by atoms with E-state index >= 15 is 0 Å². The fraction of sp³-hybridized carbons (Fsp3) is 0.257. The van der Waals surface area contributed by atoms with E-state index < -0.39 is 57.4 Å². The monoisotopic (exact) mass is 719 g/mol. The van der Waals surface area contributed by atoms with E-state index in [0.717, 1.165) is 12.1 Å². The molecule has 4 aromatic rings. The number of rotatable bonds is 11. The van der Waals surface area contributed by atoms with Crippen molar-refractivity contribution in [3.8, 4) is 0 Å². The molecular weight excluding hydrogens is 686 g/mol. The zero-order chi connectivity index (χ0) is 35.3. The number of nitrogens with zero attached hydrogens (tertiary/aromatic N) is 2. The summed E-state index contributed by atoms with van der Waals surface area (Å²) in [7, 11) is -4.67. The predicted octanol–water partition coefficient (Wildman–Crippen LogP) is 7.76. The van der Waals surface area contributed by atoms with E-state index in [-0.39, 0.29) is 22.9 Å². The summed E-state index contributed by atoms with van der Waals surface area (Å²) < 4.78 is 70.3. The quantitative estimate of drug-likeness (QED) is 0.172. The SMILES string of the molecule is CC(C)(C)NC(=O)[C@H](Cc1ccccc1)N(Cc1ccccc1Cl)C(=O)CN(c1cc(C(F)(F)F)ccc1Cl)S(=O)(=O)c1ccccc1. The highest BCUT2D eigenvalue weighted by Crippen LogP contribution is 2.37. The van der Waals surface area contributed by atoms with E-state index in [4.69, 9.17) is 23.2 Å². The minimum Gasteiger partial charge on any atom is -0.350 e. The van der Waals surface area contributed by atoms with Gasteiger partial charge in [0.15, 0.2) is 0 Å².